The first-order chi connectivity index (χ1) is 7.19. The zero-order chi connectivity index (χ0) is 11.3. The van der Waals surface area contributed by atoms with Gasteiger partial charge in [0.1, 0.15) is 5.75 Å². The van der Waals surface area contributed by atoms with E-state index in [1.165, 1.54) is 0 Å². The molecule has 0 saturated heterocycles. The summed E-state index contributed by atoms with van der Waals surface area (Å²) in [6.45, 7) is 4.67. The molecule has 0 atom stereocenters. The number of hydrogen-bond donors (Lipinski definition) is 1. The van der Waals surface area contributed by atoms with Crippen molar-refractivity contribution < 1.29 is 9.53 Å². The molecule has 0 aromatic heterocycles. The average molecular weight is 207 g/mol. The van der Waals surface area contributed by atoms with E-state index in [2.05, 4.69) is 5.32 Å². The number of carbonyl (C=O) groups is 1. The molecule has 0 saturated carbocycles. The van der Waals surface area contributed by atoms with Crippen molar-refractivity contribution >= 4 is 5.91 Å². The van der Waals surface area contributed by atoms with Crippen LogP contribution in [-0.4, -0.2) is 19.6 Å². The molecule has 82 valence electrons. The van der Waals surface area contributed by atoms with Crippen LogP contribution < -0.4 is 10.1 Å². The molecule has 0 heterocycles. The monoisotopic (exact) mass is 207 g/mol. The summed E-state index contributed by atoms with van der Waals surface area (Å²) in [4.78, 5) is 11.6. The Morgan fingerprint density at radius 2 is 2.20 bits per heavy atom. The molecular weight excluding hydrogens is 190 g/mol. The number of ether oxygens (including phenoxy) is 1. The third-order valence-corrected chi connectivity index (χ3v) is 2.19. The maximum absolute atomic E-state index is 11.6. The van der Waals surface area contributed by atoms with Crippen LogP contribution in [0.25, 0.3) is 0 Å². The summed E-state index contributed by atoms with van der Waals surface area (Å²) < 4.78 is 5.13. The highest BCUT2D eigenvalue weighted by Crippen LogP contribution is 2.18. The molecule has 0 bridgehead atoms. The second kappa shape index (κ2) is 5.39. The maximum Gasteiger partial charge on any atom is 0.251 e. The fourth-order valence-electron chi connectivity index (χ4n) is 1.36. The normalized spacial score (nSPS) is 9.80. The van der Waals surface area contributed by atoms with E-state index in [1.807, 2.05) is 26.0 Å². The van der Waals surface area contributed by atoms with Crippen LogP contribution in [-0.2, 0) is 0 Å². The third kappa shape index (κ3) is 2.98. The Morgan fingerprint density at radius 3 is 2.73 bits per heavy atom. The first-order valence-electron chi connectivity index (χ1n) is 5.12. The highest BCUT2D eigenvalue weighted by atomic mass is 16.5. The van der Waals surface area contributed by atoms with Gasteiger partial charge in [-0.25, -0.2) is 0 Å². The first kappa shape index (κ1) is 11.6. The third-order valence-electron chi connectivity index (χ3n) is 2.19. The van der Waals surface area contributed by atoms with Crippen LogP contribution in [0.15, 0.2) is 18.2 Å². The van der Waals surface area contributed by atoms with Crippen molar-refractivity contribution in [1.82, 2.24) is 5.32 Å². The number of rotatable bonds is 4. The van der Waals surface area contributed by atoms with Gasteiger partial charge in [0, 0.05) is 12.1 Å². The minimum absolute atomic E-state index is 0.0254. The van der Waals surface area contributed by atoms with E-state index in [4.69, 9.17) is 4.74 Å². The van der Waals surface area contributed by atoms with Crippen molar-refractivity contribution in [3.63, 3.8) is 0 Å². The molecule has 0 aliphatic rings. The predicted octanol–water partition coefficient (Wildman–Crippen LogP) is 2.14. The number of hydrogen-bond acceptors (Lipinski definition) is 2. The lowest BCUT2D eigenvalue weighted by Crippen LogP contribution is -2.23. The lowest BCUT2D eigenvalue weighted by atomic mass is 10.1. The van der Waals surface area contributed by atoms with Gasteiger partial charge >= 0.3 is 0 Å². The van der Waals surface area contributed by atoms with E-state index in [0.717, 1.165) is 17.7 Å². The molecule has 0 aliphatic carbocycles. The molecule has 0 spiro atoms. The second-order valence-corrected chi connectivity index (χ2v) is 3.44. The van der Waals surface area contributed by atoms with Gasteiger partial charge in [0.2, 0.25) is 0 Å². The van der Waals surface area contributed by atoms with Gasteiger partial charge in [-0.05, 0) is 37.1 Å². The van der Waals surface area contributed by atoms with Crippen molar-refractivity contribution in [1.29, 1.82) is 0 Å². The van der Waals surface area contributed by atoms with Crippen LogP contribution in [0.5, 0.6) is 5.75 Å². The molecule has 0 fully saturated rings. The number of amides is 1. The van der Waals surface area contributed by atoms with Gasteiger partial charge in [0.05, 0.1) is 7.11 Å². The minimum Gasteiger partial charge on any atom is -0.496 e. The maximum atomic E-state index is 11.6. The lowest BCUT2D eigenvalue weighted by molar-refractivity contribution is 0.0953. The van der Waals surface area contributed by atoms with Crippen LogP contribution >= 0.6 is 0 Å². The van der Waals surface area contributed by atoms with E-state index >= 15 is 0 Å². The van der Waals surface area contributed by atoms with Crippen molar-refractivity contribution in [3.05, 3.63) is 29.3 Å². The first-order valence-corrected chi connectivity index (χ1v) is 5.12. The zero-order valence-electron chi connectivity index (χ0n) is 9.46. The van der Waals surface area contributed by atoms with Crippen molar-refractivity contribution in [2.24, 2.45) is 0 Å². The van der Waals surface area contributed by atoms with Gasteiger partial charge < -0.3 is 10.1 Å². The zero-order valence-corrected chi connectivity index (χ0v) is 9.46. The van der Waals surface area contributed by atoms with Gasteiger partial charge in [0.25, 0.3) is 5.91 Å². The fraction of sp³-hybridized carbons (Fsp3) is 0.417. The Labute approximate surface area is 90.4 Å². The van der Waals surface area contributed by atoms with Crippen LogP contribution in [0.2, 0.25) is 0 Å². The highest BCUT2D eigenvalue weighted by Gasteiger charge is 2.06. The van der Waals surface area contributed by atoms with Gasteiger partial charge in [0.15, 0.2) is 0 Å². The molecule has 1 aromatic carbocycles. The minimum atomic E-state index is -0.0254. The standard InChI is InChI=1S/C12H17NO2/c1-4-7-13-12(14)10-5-6-11(15-3)9(2)8-10/h5-6,8H,4,7H2,1-3H3,(H,13,14). The molecule has 0 unspecified atom stereocenters. The van der Waals surface area contributed by atoms with Crippen LogP contribution in [0.4, 0.5) is 0 Å². The molecule has 1 rings (SSSR count). The smallest absolute Gasteiger partial charge is 0.251 e. The Kier molecular flexibility index (Phi) is 4.16. The number of methoxy groups -OCH3 is 1. The lowest BCUT2D eigenvalue weighted by Gasteiger charge is -2.07. The Bertz CT molecular complexity index is 347. The van der Waals surface area contributed by atoms with E-state index in [0.29, 0.717) is 12.1 Å². The van der Waals surface area contributed by atoms with E-state index in [9.17, 15) is 4.79 Å². The van der Waals surface area contributed by atoms with Gasteiger partial charge in [-0.3, -0.25) is 4.79 Å². The van der Waals surface area contributed by atoms with Gasteiger partial charge in [-0.15, -0.1) is 0 Å². The van der Waals surface area contributed by atoms with Crippen LogP contribution in [0.1, 0.15) is 29.3 Å². The Hall–Kier alpha value is -1.51. The summed E-state index contributed by atoms with van der Waals surface area (Å²) in [6, 6.07) is 5.43. The summed E-state index contributed by atoms with van der Waals surface area (Å²) in [5, 5.41) is 2.83. The molecule has 0 aliphatic heterocycles. The number of carbonyl (C=O) groups excluding carboxylic acids is 1. The Morgan fingerprint density at radius 1 is 1.47 bits per heavy atom. The van der Waals surface area contributed by atoms with E-state index < -0.39 is 0 Å². The number of aryl methyl sites for hydroxylation is 1. The topological polar surface area (TPSA) is 38.3 Å². The van der Waals surface area contributed by atoms with Gasteiger partial charge in [-0.1, -0.05) is 6.92 Å². The summed E-state index contributed by atoms with van der Waals surface area (Å²) in [5.41, 5.74) is 1.66. The quantitative estimate of drug-likeness (QED) is 0.821. The average Bonchev–Trinajstić information content (AvgIpc) is 2.25. The fourth-order valence-corrected chi connectivity index (χ4v) is 1.36. The van der Waals surface area contributed by atoms with E-state index in [-0.39, 0.29) is 5.91 Å². The number of benzene rings is 1. The SMILES string of the molecule is CCCNC(=O)c1ccc(OC)c(C)c1. The Balaban J connectivity index is 2.78. The molecule has 1 amide bonds. The summed E-state index contributed by atoms with van der Waals surface area (Å²) >= 11 is 0. The van der Waals surface area contributed by atoms with Gasteiger partial charge in [-0.2, -0.15) is 0 Å². The largest absolute Gasteiger partial charge is 0.496 e. The number of nitrogens with one attached hydrogen (secondary N) is 1. The molecule has 0 radical (unpaired) electrons. The van der Waals surface area contributed by atoms with Crippen molar-refractivity contribution in [2.45, 2.75) is 20.3 Å². The molecule has 3 nitrogen and oxygen atoms in total. The van der Waals surface area contributed by atoms with E-state index in [1.54, 1.807) is 13.2 Å². The van der Waals surface area contributed by atoms with Crippen molar-refractivity contribution in [2.75, 3.05) is 13.7 Å². The second-order valence-electron chi connectivity index (χ2n) is 3.44. The molecule has 1 N–H and O–H groups in total. The highest BCUT2D eigenvalue weighted by molar-refractivity contribution is 5.94. The predicted molar refractivity (Wildman–Crippen MR) is 60.4 cm³/mol. The molecule has 1 aromatic rings. The molecule has 3 heteroatoms. The summed E-state index contributed by atoms with van der Waals surface area (Å²) in [7, 11) is 1.62. The molecular formula is C12H17NO2. The summed E-state index contributed by atoms with van der Waals surface area (Å²) in [6.07, 6.45) is 0.945. The van der Waals surface area contributed by atoms with Crippen LogP contribution in [0.3, 0.4) is 0 Å². The summed E-state index contributed by atoms with van der Waals surface area (Å²) in [5.74, 6) is 0.782. The van der Waals surface area contributed by atoms with Crippen LogP contribution in [0, 0.1) is 6.92 Å². The molecule has 15 heavy (non-hydrogen) atoms. The van der Waals surface area contributed by atoms with Crippen molar-refractivity contribution in [3.8, 4) is 5.75 Å².